The number of esters is 2. The van der Waals surface area contributed by atoms with Gasteiger partial charge in [-0.2, -0.15) is 0 Å². The number of likely N-dealkylation sites (N-methyl/N-ethyl adjacent to an activating group) is 1. The molecule has 0 aromatic rings. The first-order valence-electron chi connectivity index (χ1n) is 25.3. The minimum absolute atomic E-state index is 0.0349. The van der Waals surface area contributed by atoms with Crippen molar-refractivity contribution in [2.75, 3.05) is 47.5 Å². The van der Waals surface area contributed by atoms with Crippen LogP contribution in [0.3, 0.4) is 0 Å². The van der Waals surface area contributed by atoms with Crippen molar-refractivity contribution in [2.45, 2.75) is 225 Å². The van der Waals surface area contributed by atoms with Crippen LogP contribution in [-0.4, -0.2) is 70.0 Å². The Morgan fingerprint density at radius 3 is 1.34 bits per heavy atom. The molecule has 0 bridgehead atoms. The van der Waals surface area contributed by atoms with Gasteiger partial charge in [0, 0.05) is 12.8 Å². The maximum Gasteiger partial charge on any atom is 0.306 e. The van der Waals surface area contributed by atoms with Crippen molar-refractivity contribution in [3.8, 4) is 0 Å². The third kappa shape index (κ3) is 47.4. The average molecular weight is 894 g/mol. The topological polar surface area (TPSA) is 111 Å². The lowest BCUT2D eigenvalue weighted by atomic mass is 10.1. The highest BCUT2D eigenvalue weighted by Crippen LogP contribution is 2.38. The number of carbonyl (C=O) groups excluding carboxylic acids is 2. The van der Waals surface area contributed by atoms with Crippen LogP contribution in [0.15, 0.2) is 48.6 Å². The lowest BCUT2D eigenvalue weighted by Crippen LogP contribution is -2.37. The molecule has 0 amide bonds. The summed E-state index contributed by atoms with van der Waals surface area (Å²) in [5.74, 6) is -0.848. The van der Waals surface area contributed by atoms with Gasteiger partial charge in [0.1, 0.15) is 19.8 Å². The molecule has 362 valence electrons. The Hall–Kier alpha value is -2.03. The third-order valence-corrected chi connectivity index (χ3v) is 11.8. The number of allylic oxidation sites excluding steroid dienone is 8. The van der Waals surface area contributed by atoms with E-state index in [1.54, 1.807) is 0 Å². The van der Waals surface area contributed by atoms with Gasteiger partial charge in [0.2, 0.25) is 0 Å². The van der Waals surface area contributed by atoms with Gasteiger partial charge in [-0.25, -0.2) is 0 Å². The predicted octanol–water partition coefficient (Wildman–Crippen LogP) is 14.4. The monoisotopic (exact) mass is 894 g/mol. The molecule has 0 aromatic heterocycles. The number of phosphoric acid groups is 1. The zero-order chi connectivity index (χ0) is 45.7. The van der Waals surface area contributed by atoms with Crippen molar-refractivity contribution >= 4 is 19.8 Å². The zero-order valence-corrected chi connectivity index (χ0v) is 41.7. The van der Waals surface area contributed by atoms with Crippen molar-refractivity contribution in [3.63, 3.8) is 0 Å². The van der Waals surface area contributed by atoms with Crippen LogP contribution in [0.25, 0.3) is 0 Å². The number of carbonyl (C=O) groups is 2. The fourth-order valence-corrected chi connectivity index (χ4v) is 7.56. The molecule has 0 spiro atoms. The van der Waals surface area contributed by atoms with E-state index < -0.39 is 26.5 Å². The summed E-state index contributed by atoms with van der Waals surface area (Å²) in [6.07, 6.45) is 52.7. The Kier molecular flexibility index (Phi) is 42.7. The van der Waals surface area contributed by atoms with Crippen molar-refractivity contribution in [3.05, 3.63) is 48.6 Å². The van der Waals surface area contributed by atoms with Crippen molar-refractivity contribution in [1.29, 1.82) is 0 Å². The summed E-state index contributed by atoms with van der Waals surface area (Å²) in [7, 11) is 1.15. The first kappa shape index (κ1) is 60.0. The average Bonchev–Trinajstić information content (AvgIpc) is 3.23. The molecule has 0 radical (unpaired) electrons. The largest absolute Gasteiger partial charge is 0.756 e. The number of phosphoric ester groups is 1. The minimum Gasteiger partial charge on any atom is -0.756 e. The van der Waals surface area contributed by atoms with Crippen molar-refractivity contribution in [2.24, 2.45) is 0 Å². The van der Waals surface area contributed by atoms with E-state index in [9.17, 15) is 19.0 Å². The molecule has 0 saturated heterocycles. The summed E-state index contributed by atoms with van der Waals surface area (Å²) in [6.45, 7) is 4.20. The van der Waals surface area contributed by atoms with Gasteiger partial charge >= 0.3 is 11.9 Å². The fraction of sp³-hybridized carbons (Fsp3) is 0.808. The number of quaternary nitrogens is 1. The van der Waals surface area contributed by atoms with E-state index in [2.05, 4.69) is 62.5 Å². The quantitative estimate of drug-likeness (QED) is 0.0195. The van der Waals surface area contributed by atoms with Crippen LogP contribution in [0.2, 0.25) is 0 Å². The Morgan fingerprint density at radius 2 is 0.871 bits per heavy atom. The number of hydrogen-bond donors (Lipinski definition) is 0. The maximum absolute atomic E-state index is 12.7. The van der Waals surface area contributed by atoms with E-state index in [0.29, 0.717) is 17.4 Å². The van der Waals surface area contributed by atoms with Gasteiger partial charge in [-0.05, 0) is 77.0 Å². The molecule has 2 atom stereocenters. The zero-order valence-electron chi connectivity index (χ0n) is 40.8. The lowest BCUT2D eigenvalue weighted by molar-refractivity contribution is -0.870. The smallest absolute Gasteiger partial charge is 0.306 e. The Bertz CT molecular complexity index is 1190. The Balaban J connectivity index is 4.29. The summed E-state index contributed by atoms with van der Waals surface area (Å²) in [5, 5.41) is 0. The van der Waals surface area contributed by atoms with Crippen LogP contribution in [0.1, 0.15) is 219 Å². The number of nitrogens with zero attached hydrogens (tertiary/aromatic N) is 1. The van der Waals surface area contributed by atoms with E-state index in [4.69, 9.17) is 18.5 Å². The van der Waals surface area contributed by atoms with E-state index in [-0.39, 0.29) is 32.0 Å². The summed E-state index contributed by atoms with van der Waals surface area (Å²) in [4.78, 5) is 37.7. The number of hydrogen-bond acceptors (Lipinski definition) is 8. The van der Waals surface area contributed by atoms with Gasteiger partial charge in [0.25, 0.3) is 7.82 Å². The molecule has 62 heavy (non-hydrogen) atoms. The highest BCUT2D eigenvalue weighted by Gasteiger charge is 2.21. The molecular weight excluding hydrogens is 798 g/mol. The van der Waals surface area contributed by atoms with Gasteiger partial charge in [-0.15, -0.1) is 0 Å². The van der Waals surface area contributed by atoms with Gasteiger partial charge in [0.15, 0.2) is 6.10 Å². The van der Waals surface area contributed by atoms with E-state index in [0.717, 1.165) is 70.6 Å². The normalized spacial score (nSPS) is 13.8. The molecule has 10 heteroatoms. The van der Waals surface area contributed by atoms with Crippen LogP contribution in [0.5, 0.6) is 0 Å². The highest BCUT2D eigenvalue weighted by atomic mass is 31.2. The second kappa shape index (κ2) is 44.2. The van der Waals surface area contributed by atoms with E-state index >= 15 is 0 Å². The molecule has 9 nitrogen and oxygen atoms in total. The lowest BCUT2D eigenvalue weighted by Gasteiger charge is -2.28. The molecule has 0 saturated carbocycles. The summed E-state index contributed by atoms with van der Waals surface area (Å²) >= 11 is 0. The van der Waals surface area contributed by atoms with E-state index in [1.165, 1.54) is 116 Å². The van der Waals surface area contributed by atoms with Crippen LogP contribution in [0, 0.1) is 0 Å². The van der Waals surface area contributed by atoms with Crippen molar-refractivity contribution < 1.29 is 42.1 Å². The van der Waals surface area contributed by atoms with Crippen LogP contribution in [0.4, 0.5) is 0 Å². The first-order valence-corrected chi connectivity index (χ1v) is 26.8. The molecule has 0 heterocycles. The van der Waals surface area contributed by atoms with Crippen LogP contribution >= 0.6 is 7.82 Å². The van der Waals surface area contributed by atoms with Crippen molar-refractivity contribution in [1.82, 2.24) is 0 Å². The fourth-order valence-electron chi connectivity index (χ4n) is 6.83. The van der Waals surface area contributed by atoms with E-state index in [1.807, 2.05) is 21.1 Å². The van der Waals surface area contributed by atoms with Gasteiger partial charge in [0.05, 0.1) is 27.7 Å². The molecule has 0 N–H and O–H groups in total. The first-order chi connectivity index (χ1) is 30.0. The predicted molar refractivity (Wildman–Crippen MR) is 259 cm³/mol. The van der Waals surface area contributed by atoms with Gasteiger partial charge in [-0.1, -0.05) is 178 Å². The SMILES string of the molecule is CCCCC/C=C\C/C=C\C/C=C\CCCCCCCCC(=O)OC(COC(=O)CCCCCCCCCCC/C=C\CCCCCCCC)COP(=O)([O-])OCC[N+](C)(C)C. The summed E-state index contributed by atoms with van der Waals surface area (Å²) in [5.41, 5.74) is 0. The molecule has 0 aliphatic heterocycles. The molecular formula is C52H96NO8P. The highest BCUT2D eigenvalue weighted by molar-refractivity contribution is 7.45. The van der Waals surface area contributed by atoms with Crippen LogP contribution in [-0.2, 0) is 32.7 Å². The Morgan fingerprint density at radius 1 is 0.500 bits per heavy atom. The third-order valence-electron chi connectivity index (χ3n) is 10.8. The molecule has 2 unspecified atom stereocenters. The van der Waals surface area contributed by atoms with Gasteiger partial charge in [-0.3, -0.25) is 14.2 Å². The minimum atomic E-state index is -4.63. The second-order valence-electron chi connectivity index (χ2n) is 18.2. The number of ether oxygens (including phenoxy) is 2. The molecule has 0 rings (SSSR count). The number of rotatable bonds is 46. The van der Waals surface area contributed by atoms with Crippen LogP contribution < -0.4 is 4.89 Å². The van der Waals surface area contributed by atoms with Gasteiger partial charge < -0.3 is 27.9 Å². The Labute approximate surface area is 382 Å². The molecule has 0 aromatic carbocycles. The molecule has 0 aliphatic carbocycles. The molecule has 0 aliphatic rings. The second-order valence-corrected chi connectivity index (χ2v) is 19.6. The summed E-state index contributed by atoms with van der Waals surface area (Å²) in [6, 6.07) is 0. The number of unbranched alkanes of at least 4 members (excludes halogenated alkanes) is 24. The maximum atomic E-state index is 12.7. The summed E-state index contributed by atoms with van der Waals surface area (Å²) < 4.78 is 34.0. The standard InChI is InChI=1S/C52H96NO8P/c1-6-8-10-12-14-16-18-20-22-24-26-28-30-32-34-36-38-40-42-44-51(54)58-48-50(49-60-62(56,57)59-47-46-53(3,4)5)61-52(55)45-43-41-39-37-35-33-31-29-27-25-23-21-19-17-15-13-11-9-7-2/h15,17,20-23,27,29,50H,6-14,16,18-19,24-26,28,30-49H2,1-5H3/b17-15-,22-20-,23-21-,29-27-. The molecule has 0 fully saturated rings.